The smallest absolute Gasteiger partial charge is 0.248 e. The molecule has 0 unspecified atom stereocenters. The quantitative estimate of drug-likeness (QED) is 0.589. The summed E-state index contributed by atoms with van der Waals surface area (Å²) in [5.74, 6) is 0.575. The molecule has 0 radical (unpaired) electrons. The highest BCUT2D eigenvalue weighted by Gasteiger charge is 2.04. The first-order valence-corrected chi connectivity index (χ1v) is 9.63. The molecule has 5 heteroatoms. The van der Waals surface area contributed by atoms with Gasteiger partial charge in [-0.25, -0.2) is 0 Å². The lowest BCUT2D eigenvalue weighted by molar-refractivity contribution is -0.111. The SMILES string of the molecule is CCOc1ccc(Br)cc1C=CC(=O)Nc1ccc(N(CC)CC)cc1. The van der Waals surface area contributed by atoms with Crippen molar-refractivity contribution in [2.75, 3.05) is 29.9 Å². The van der Waals surface area contributed by atoms with Crippen molar-refractivity contribution in [2.24, 2.45) is 0 Å². The zero-order chi connectivity index (χ0) is 18.9. The number of nitrogens with one attached hydrogen (secondary N) is 1. The van der Waals surface area contributed by atoms with Crippen LogP contribution in [0.5, 0.6) is 5.75 Å². The third kappa shape index (κ3) is 5.63. The molecule has 2 aromatic carbocycles. The molecule has 0 saturated carbocycles. The van der Waals surface area contributed by atoms with Crippen LogP contribution in [0.4, 0.5) is 11.4 Å². The summed E-state index contributed by atoms with van der Waals surface area (Å²) >= 11 is 3.44. The number of carbonyl (C=O) groups is 1. The predicted molar refractivity (Wildman–Crippen MR) is 113 cm³/mol. The predicted octanol–water partition coefficient (Wildman–Crippen LogP) is 5.35. The van der Waals surface area contributed by atoms with E-state index in [1.165, 1.54) is 6.08 Å². The first-order chi connectivity index (χ1) is 12.6. The molecule has 26 heavy (non-hydrogen) atoms. The number of hydrogen-bond acceptors (Lipinski definition) is 3. The Balaban J connectivity index is 2.04. The zero-order valence-electron chi connectivity index (χ0n) is 15.5. The van der Waals surface area contributed by atoms with E-state index in [9.17, 15) is 4.79 Å². The van der Waals surface area contributed by atoms with Crippen molar-refractivity contribution >= 4 is 39.3 Å². The number of benzene rings is 2. The Morgan fingerprint density at radius 1 is 1.12 bits per heavy atom. The maximum Gasteiger partial charge on any atom is 0.248 e. The molecule has 0 spiro atoms. The van der Waals surface area contributed by atoms with Gasteiger partial charge in [0.2, 0.25) is 5.91 Å². The van der Waals surface area contributed by atoms with Crippen molar-refractivity contribution < 1.29 is 9.53 Å². The summed E-state index contributed by atoms with van der Waals surface area (Å²) in [6, 6.07) is 13.6. The van der Waals surface area contributed by atoms with Gasteiger partial charge < -0.3 is 15.0 Å². The van der Waals surface area contributed by atoms with E-state index in [1.54, 1.807) is 6.08 Å². The number of ether oxygens (including phenoxy) is 1. The normalized spacial score (nSPS) is 10.8. The lowest BCUT2D eigenvalue weighted by atomic mass is 10.2. The largest absolute Gasteiger partial charge is 0.493 e. The Morgan fingerprint density at radius 2 is 1.81 bits per heavy atom. The van der Waals surface area contributed by atoms with Crippen molar-refractivity contribution in [3.63, 3.8) is 0 Å². The first-order valence-electron chi connectivity index (χ1n) is 8.83. The topological polar surface area (TPSA) is 41.6 Å². The molecule has 0 bridgehead atoms. The molecule has 1 N–H and O–H groups in total. The van der Waals surface area contributed by atoms with Gasteiger partial charge in [-0.1, -0.05) is 15.9 Å². The lowest BCUT2D eigenvalue weighted by Gasteiger charge is -2.21. The second-order valence-electron chi connectivity index (χ2n) is 5.66. The van der Waals surface area contributed by atoms with Crippen LogP contribution in [0, 0.1) is 0 Å². The minimum Gasteiger partial charge on any atom is -0.493 e. The molecule has 0 aromatic heterocycles. The van der Waals surface area contributed by atoms with Crippen LogP contribution in [0.3, 0.4) is 0 Å². The van der Waals surface area contributed by atoms with Crippen LogP contribution in [-0.4, -0.2) is 25.6 Å². The van der Waals surface area contributed by atoms with Gasteiger partial charge in [-0.2, -0.15) is 0 Å². The Hall–Kier alpha value is -2.27. The molecular weight excluding hydrogens is 392 g/mol. The Kier molecular flexibility index (Phi) is 7.73. The summed E-state index contributed by atoms with van der Waals surface area (Å²) < 4.78 is 6.53. The van der Waals surface area contributed by atoms with E-state index in [2.05, 4.69) is 40.0 Å². The molecule has 0 aliphatic heterocycles. The standard InChI is InChI=1S/C21H25BrN2O2/c1-4-24(5-2)19-11-9-18(10-12-19)23-21(25)14-7-16-15-17(22)8-13-20(16)26-6-3/h7-15H,4-6H2,1-3H3,(H,23,25). The second kappa shape index (κ2) is 10.0. The highest BCUT2D eigenvalue weighted by Crippen LogP contribution is 2.24. The van der Waals surface area contributed by atoms with Gasteiger partial charge in [0, 0.05) is 40.6 Å². The summed E-state index contributed by atoms with van der Waals surface area (Å²) in [7, 11) is 0. The van der Waals surface area contributed by atoms with Crippen molar-refractivity contribution in [1.29, 1.82) is 0 Å². The van der Waals surface area contributed by atoms with Crippen LogP contribution in [0.2, 0.25) is 0 Å². The van der Waals surface area contributed by atoms with E-state index >= 15 is 0 Å². The van der Waals surface area contributed by atoms with Crippen LogP contribution >= 0.6 is 15.9 Å². The average Bonchev–Trinajstić information content (AvgIpc) is 2.64. The van der Waals surface area contributed by atoms with Gasteiger partial charge in [0.1, 0.15) is 5.75 Å². The van der Waals surface area contributed by atoms with Gasteiger partial charge in [-0.05, 0) is 69.3 Å². The van der Waals surface area contributed by atoms with Gasteiger partial charge in [-0.3, -0.25) is 4.79 Å². The van der Waals surface area contributed by atoms with Gasteiger partial charge in [0.15, 0.2) is 0 Å². The zero-order valence-corrected chi connectivity index (χ0v) is 17.0. The summed E-state index contributed by atoms with van der Waals surface area (Å²) in [5.41, 5.74) is 2.78. The number of nitrogens with zero attached hydrogens (tertiary/aromatic N) is 1. The van der Waals surface area contributed by atoms with Crippen LogP contribution < -0.4 is 15.0 Å². The third-order valence-electron chi connectivity index (χ3n) is 3.95. The second-order valence-corrected chi connectivity index (χ2v) is 6.57. The highest BCUT2D eigenvalue weighted by atomic mass is 79.9. The highest BCUT2D eigenvalue weighted by molar-refractivity contribution is 9.10. The fourth-order valence-corrected chi connectivity index (χ4v) is 3.01. The molecule has 138 valence electrons. The Bertz CT molecular complexity index is 753. The van der Waals surface area contributed by atoms with Crippen LogP contribution in [0.25, 0.3) is 6.08 Å². The summed E-state index contributed by atoms with van der Waals surface area (Å²) in [5, 5.41) is 2.88. The van der Waals surface area contributed by atoms with E-state index in [4.69, 9.17) is 4.74 Å². The van der Waals surface area contributed by atoms with Crippen molar-refractivity contribution in [3.05, 3.63) is 58.6 Å². The maximum absolute atomic E-state index is 12.2. The first kappa shape index (κ1) is 20.0. The molecule has 0 atom stereocenters. The van der Waals surface area contributed by atoms with Crippen LogP contribution in [-0.2, 0) is 4.79 Å². The summed E-state index contributed by atoms with van der Waals surface area (Å²) in [6.45, 7) is 8.68. The molecule has 4 nitrogen and oxygen atoms in total. The fourth-order valence-electron chi connectivity index (χ4n) is 2.63. The number of anilines is 2. The molecule has 0 aliphatic rings. The average molecular weight is 417 g/mol. The minimum absolute atomic E-state index is 0.178. The minimum atomic E-state index is -0.178. The molecule has 2 rings (SSSR count). The van der Waals surface area contributed by atoms with Gasteiger partial charge in [0.25, 0.3) is 0 Å². The maximum atomic E-state index is 12.2. The van der Waals surface area contributed by atoms with E-state index < -0.39 is 0 Å². The molecule has 0 saturated heterocycles. The molecule has 0 heterocycles. The molecular formula is C21H25BrN2O2. The van der Waals surface area contributed by atoms with E-state index in [0.717, 1.165) is 40.2 Å². The van der Waals surface area contributed by atoms with E-state index in [1.807, 2.05) is 49.4 Å². The Labute approximate surface area is 164 Å². The number of carbonyl (C=O) groups excluding carboxylic acids is 1. The monoisotopic (exact) mass is 416 g/mol. The molecule has 1 amide bonds. The number of rotatable bonds is 8. The van der Waals surface area contributed by atoms with E-state index in [-0.39, 0.29) is 5.91 Å². The Morgan fingerprint density at radius 3 is 2.42 bits per heavy atom. The summed E-state index contributed by atoms with van der Waals surface area (Å²) in [4.78, 5) is 14.5. The lowest BCUT2D eigenvalue weighted by Crippen LogP contribution is -2.21. The van der Waals surface area contributed by atoms with Crippen molar-refractivity contribution in [3.8, 4) is 5.75 Å². The third-order valence-corrected chi connectivity index (χ3v) is 4.44. The number of amides is 1. The summed E-state index contributed by atoms with van der Waals surface area (Å²) in [6.07, 6.45) is 3.28. The van der Waals surface area contributed by atoms with Gasteiger partial charge in [-0.15, -0.1) is 0 Å². The van der Waals surface area contributed by atoms with Crippen molar-refractivity contribution in [2.45, 2.75) is 20.8 Å². The molecule has 2 aromatic rings. The van der Waals surface area contributed by atoms with E-state index in [0.29, 0.717) is 6.61 Å². The van der Waals surface area contributed by atoms with Crippen molar-refractivity contribution in [1.82, 2.24) is 0 Å². The van der Waals surface area contributed by atoms with Gasteiger partial charge >= 0.3 is 0 Å². The van der Waals surface area contributed by atoms with Gasteiger partial charge in [0.05, 0.1) is 6.61 Å². The van der Waals surface area contributed by atoms with Crippen LogP contribution in [0.15, 0.2) is 53.0 Å². The molecule has 0 fully saturated rings. The number of hydrogen-bond donors (Lipinski definition) is 1. The number of halogens is 1. The molecule has 0 aliphatic carbocycles. The van der Waals surface area contributed by atoms with Crippen LogP contribution in [0.1, 0.15) is 26.3 Å². The fraction of sp³-hybridized carbons (Fsp3) is 0.286.